The fraction of sp³-hybridized carbons (Fsp3) is 0.684. The molecule has 1 aliphatic rings. The van der Waals surface area contributed by atoms with E-state index in [1.165, 1.54) is 0 Å². The number of carbonyl (C=O) groups is 1. The van der Waals surface area contributed by atoms with Gasteiger partial charge in [0.15, 0.2) is 0 Å². The van der Waals surface area contributed by atoms with Crippen LogP contribution in [-0.4, -0.2) is 37.4 Å². The summed E-state index contributed by atoms with van der Waals surface area (Å²) in [5, 5.41) is 11.8. The SMILES string of the molecule is CCC(CC)c1cn(C2CCC(C(=O)NCCc3nc[nH]c3C)C2)nn1. The Balaban J connectivity index is 1.48. The van der Waals surface area contributed by atoms with Crippen molar-refractivity contribution in [2.24, 2.45) is 5.92 Å². The maximum absolute atomic E-state index is 12.5. The van der Waals surface area contributed by atoms with E-state index < -0.39 is 0 Å². The topological polar surface area (TPSA) is 88.5 Å². The second kappa shape index (κ2) is 8.47. The summed E-state index contributed by atoms with van der Waals surface area (Å²) in [6.07, 6.45) is 9.46. The molecule has 1 saturated carbocycles. The van der Waals surface area contributed by atoms with Crippen molar-refractivity contribution in [1.82, 2.24) is 30.3 Å². The Bertz CT molecular complexity index is 717. The van der Waals surface area contributed by atoms with Gasteiger partial charge in [-0.1, -0.05) is 19.1 Å². The van der Waals surface area contributed by atoms with E-state index in [4.69, 9.17) is 0 Å². The van der Waals surface area contributed by atoms with E-state index >= 15 is 0 Å². The highest BCUT2D eigenvalue weighted by atomic mass is 16.1. The third-order valence-electron chi connectivity index (χ3n) is 5.68. The van der Waals surface area contributed by atoms with Gasteiger partial charge in [0.1, 0.15) is 0 Å². The van der Waals surface area contributed by atoms with E-state index in [2.05, 4.69) is 45.6 Å². The molecule has 2 heterocycles. The van der Waals surface area contributed by atoms with Gasteiger partial charge in [-0.15, -0.1) is 5.10 Å². The lowest BCUT2D eigenvalue weighted by molar-refractivity contribution is -0.124. The molecule has 1 fully saturated rings. The summed E-state index contributed by atoms with van der Waals surface area (Å²) >= 11 is 0. The highest BCUT2D eigenvalue weighted by molar-refractivity contribution is 5.78. The van der Waals surface area contributed by atoms with Crippen LogP contribution in [0.25, 0.3) is 0 Å². The molecule has 0 aliphatic heterocycles. The highest BCUT2D eigenvalue weighted by Crippen LogP contribution is 2.34. The van der Waals surface area contributed by atoms with E-state index in [9.17, 15) is 4.79 Å². The predicted octanol–water partition coefficient (Wildman–Crippen LogP) is 2.91. The maximum atomic E-state index is 12.5. The monoisotopic (exact) mass is 358 g/mol. The number of hydrogen-bond donors (Lipinski definition) is 2. The first kappa shape index (κ1) is 18.6. The van der Waals surface area contributed by atoms with Gasteiger partial charge < -0.3 is 10.3 Å². The number of aryl methyl sites for hydroxylation is 1. The molecular formula is C19H30N6O. The second-order valence-corrected chi connectivity index (χ2v) is 7.32. The van der Waals surface area contributed by atoms with Crippen molar-refractivity contribution in [3.63, 3.8) is 0 Å². The summed E-state index contributed by atoms with van der Waals surface area (Å²) in [5.41, 5.74) is 3.17. The van der Waals surface area contributed by atoms with Gasteiger partial charge in [-0.3, -0.25) is 4.79 Å². The molecule has 0 spiro atoms. The normalized spacial score (nSPS) is 20.0. The van der Waals surface area contributed by atoms with Crippen LogP contribution in [0.4, 0.5) is 0 Å². The zero-order chi connectivity index (χ0) is 18.5. The molecule has 7 nitrogen and oxygen atoms in total. The lowest BCUT2D eigenvalue weighted by atomic mass is 10.0. The molecule has 26 heavy (non-hydrogen) atoms. The Hall–Kier alpha value is -2.18. The third kappa shape index (κ3) is 4.14. The quantitative estimate of drug-likeness (QED) is 0.759. The summed E-state index contributed by atoms with van der Waals surface area (Å²) < 4.78 is 1.98. The molecule has 2 aromatic rings. The number of H-pyrrole nitrogens is 1. The number of aromatic nitrogens is 5. The molecule has 3 rings (SSSR count). The number of hydrogen-bond acceptors (Lipinski definition) is 4. The summed E-state index contributed by atoms with van der Waals surface area (Å²) in [7, 11) is 0. The van der Waals surface area contributed by atoms with Gasteiger partial charge in [-0.25, -0.2) is 9.67 Å². The average Bonchev–Trinajstić information content (AvgIpc) is 3.37. The van der Waals surface area contributed by atoms with Crippen LogP contribution in [0.1, 0.15) is 75.0 Å². The van der Waals surface area contributed by atoms with E-state index in [-0.39, 0.29) is 17.9 Å². The van der Waals surface area contributed by atoms with Gasteiger partial charge in [0.05, 0.1) is 23.8 Å². The smallest absolute Gasteiger partial charge is 0.223 e. The lowest BCUT2D eigenvalue weighted by Crippen LogP contribution is -2.31. The highest BCUT2D eigenvalue weighted by Gasteiger charge is 2.31. The largest absolute Gasteiger partial charge is 0.355 e. The van der Waals surface area contributed by atoms with Crippen LogP contribution in [0, 0.1) is 12.8 Å². The van der Waals surface area contributed by atoms with Crippen LogP contribution >= 0.6 is 0 Å². The Morgan fingerprint density at radius 2 is 2.19 bits per heavy atom. The molecule has 1 aliphatic carbocycles. The molecule has 2 unspecified atom stereocenters. The number of nitrogens with zero attached hydrogens (tertiary/aromatic N) is 4. The summed E-state index contributed by atoms with van der Waals surface area (Å²) in [6.45, 7) is 7.01. The minimum Gasteiger partial charge on any atom is -0.355 e. The molecular weight excluding hydrogens is 328 g/mol. The molecule has 2 N–H and O–H groups in total. The van der Waals surface area contributed by atoms with Gasteiger partial charge in [-0.2, -0.15) is 0 Å². The van der Waals surface area contributed by atoms with E-state index in [1.54, 1.807) is 6.33 Å². The molecule has 2 aromatic heterocycles. The Morgan fingerprint density at radius 1 is 1.38 bits per heavy atom. The zero-order valence-electron chi connectivity index (χ0n) is 16.0. The van der Waals surface area contributed by atoms with Gasteiger partial charge in [0, 0.05) is 36.7 Å². The molecule has 2 atom stereocenters. The van der Waals surface area contributed by atoms with Crippen LogP contribution in [0.15, 0.2) is 12.5 Å². The van der Waals surface area contributed by atoms with Crippen molar-refractivity contribution in [2.45, 2.75) is 71.3 Å². The van der Waals surface area contributed by atoms with Gasteiger partial charge in [0.25, 0.3) is 0 Å². The van der Waals surface area contributed by atoms with Crippen molar-refractivity contribution in [3.05, 3.63) is 29.6 Å². The lowest BCUT2D eigenvalue weighted by Gasteiger charge is -2.12. The first-order chi connectivity index (χ1) is 12.6. The van der Waals surface area contributed by atoms with Crippen molar-refractivity contribution >= 4 is 5.91 Å². The third-order valence-corrected chi connectivity index (χ3v) is 5.68. The number of aromatic amines is 1. The molecule has 0 saturated heterocycles. The van der Waals surface area contributed by atoms with Crippen molar-refractivity contribution in [2.75, 3.05) is 6.54 Å². The number of rotatable bonds is 8. The van der Waals surface area contributed by atoms with E-state index in [1.807, 2.05) is 11.6 Å². The molecule has 0 bridgehead atoms. The molecule has 0 aromatic carbocycles. The average molecular weight is 358 g/mol. The minimum absolute atomic E-state index is 0.0704. The van der Waals surface area contributed by atoms with Gasteiger partial charge in [0.2, 0.25) is 5.91 Å². The van der Waals surface area contributed by atoms with E-state index in [0.717, 1.165) is 55.6 Å². The molecule has 1 amide bonds. The zero-order valence-corrected chi connectivity index (χ0v) is 16.0. The van der Waals surface area contributed by atoms with Crippen molar-refractivity contribution in [1.29, 1.82) is 0 Å². The van der Waals surface area contributed by atoms with E-state index in [0.29, 0.717) is 12.5 Å². The minimum atomic E-state index is 0.0704. The first-order valence-electron chi connectivity index (χ1n) is 9.80. The predicted molar refractivity (Wildman–Crippen MR) is 99.8 cm³/mol. The van der Waals surface area contributed by atoms with Gasteiger partial charge >= 0.3 is 0 Å². The fourth-order valence-corrected chi connectivity index (χ4v) is 3.89. The van der Waals surface area contributed by atoms with Gasteiger partial charge in [-0.05, 0) is 39.0 Å². The summed E-state index contributed by atoms with van der Waals surface area (Å²) in [6, 6.07) is 0.287. The van der Waals surface area contributed by atoms with Crippen LogP contribution in [-0.2, 0) is 11.2 Å². The number of nitrogens with one attached hydrogen (secondary N) is 2. The second-order valence-electron chi connectivity index (χ2n) is 7.32. The number of carbonyl (C=O) groups excluding carboxylic acids is 1. The molecule has 7 heteroatoms. The van der Waals surface area contributed by atoms with Crippen molar-refractivity contribution in [3.8, 4) is 0 Å². The number of imidazole rings is 1. The summed E-state index contributed by atoms with van der Waals surface area (Å²) in [5.74, 6) is 0.705. The fourth-order valence-electron chi connectivity index (χ4n) is 3.89. The Labute approximate surface area is 155 Å². The number of amides is 1. The van der Waals surface area contributed by atoms with Crippen LogP contribution < -0.4 is 5.32 Å². The van der Waals surface area contributed by atoms with Crippen molar-refractivity contribution < 1.29 is 4.79 Å². The van der Waals surface area contributed by atoms with Crippen LogP contribution in [0.3, 0.4) is 0 Å². The Kier molecular flexibility index (Phi) is 6.06. The molecule has 142 valence electrons. The van der Waals surface area contributed by atoms with Crippen LogP contribution in [0.2, 0.25) is 0 Å². The van der Waals surface area contributed by atoms with Crippen LogP contribution in [0.5, 0.6) is 0 Å². The summed E-state index contributed by atoms with van der Waals surface area (Å²) in [4.78, 5) is 19.8. The molecule has 0 radical (unpaired) electrons. The standard InChI is InChI=1S/C19H30N6O/c1-4-14(5-2)18-11-25(24-23-18)16-7-6-15(10-16)19(26)20-9-8-17-13(3)21-12-22-17/h11-12,14-16H,4-10H2,1-3H3,(H,20,26)(H,21,22). The Morgan fingerprint density at radius 3 is 2.88 bits per heavy atom. The first-order valence-corrected chi connectivity index (χ1v) is 9.80. The maximum Gasteiger partial charge on any atom is 0.223 e.